The number of rotatable bonds is 5. The lowest BCUT2D eigenvalue weighted by atomic mass is 10.2. The number of benzene rings is 1. The molecule has 1 aromatic carbocycles. The van der Waals surface area contributed by atoms with E-state index in [0.29, 0.717) is 24.0 Å². The highest BCUT2D eigenvalue weighted by Gasteiger charge is 2.30. The van der Waals surface area contributed by atoms with Crippen LogP contribution in [0.3, 0.4) is 0 Å². The van der Waals surface area contributed by atoms with E-state index >= 15 is 0 Å². The Morgan fingerprint density at radius 1 is 1.11 bits per heavy atom. The van der Waals surface area contributed by atoms with Crippen LogP contribution < -0.4 is 4.90 Å². The topological polar surface area (TPSA) is 83.8 Å². The van der Waals surface area contributed by atoms with Crippen LogP contribution in [0.2, 0.25) is 0 Å². The molecule has 27 heavy (non-hydrogen) atoms. The van der Waals surface area contributed by atoms with Gasteiger partial charge in [0.25, 0.3) is 5.69 Å². The lowest BCUT2D eigenvalue weighted by molar-refractivity contribution is -0.384. The summed E-state index contributed by atoms with van der Waals surface area (Å²) in [6.45, 7) is 2.48. The standard InChI is InChI=1S/C18H27N3O4S2/c1-26-15-7-3-6-10-19(14-15)17-9-8-16(13-18(17)21(22)23)27(24,25)20-11-4-2-5-12-20/h8-9,13,15H,2-7,10-12,14H2,1H3. The minimum absolute atomic E-state index is 0.0242. The van der Waals surface area contributed by atoms with Gasteiger partial charge >= 0.3 is 0 Å². The van der Waals surface area contributed by atoms with Crippen molar-refractivity contribution < 1.29 is 13.3 Å². The number of piperidine rings is 1. The predicted molar refractivity (Wildman–Crippen MR) is 109 cm³/mol. The van der Waals surface area contributed by atoms with Crippen molar-refractivity contribution in [2.75, 3.05) is 37.3 Å². The minimum atomic E-state index is -3.68. The van der Waals surface area contributed by atoms with E-state index in [-0.39, 0.29) is 10.6 Å². The zero-order chi connectivity index (χ0) is 19.4. The highest BCUT2D eigenvalue weighted by molar-refractivity contribution is 7.99. The lowest BCUT2D eigenvalue weighted by Crippen LogP contribution is -2.35. The fourth-order valence-corrected chi connectivity index (χ4v) is 6.11. The molecule has 0 saturated carbocycles. The molecule has 0 spiro atoms. The number of hydrogen-bond donors (Lipinski definition) is 0. The Kier molecular flexibility index (Phi) is 6.65. The third-order valence-electron chi connectivity index (χ3n) is 5.40. The van der Waals surface area contributed by atoms with Gasteiger partial charge in [-0.1, -0.05) is 12.8 Å². The summed E-state index contributed by atoms with van der Waals surface area (Å²) in [7, 11) is -3.68. The molecule has 7 nitrogen and oxygen atoms in total. The molecule has 1 unspecified atom stereocenters. The maximum atomic E-state index is 12.9. The molecule has 2 heterocycles. The molecule has 0 aliphatic carbocycles. The van der Waals surface area contributed by atoms with Gasteiger partial charge in [-0.05, 0) is 44.1 Å². The van der Waals surface area contributed by atoms with Crippen LogP contribution in [-0.4, -0.2) is 55.3 Å². The molecule has 0 bridgehead atoms. The summed E-state index contributed by atoms with van der Waals surface area (Å²) in [5, 5.41) is 12.2. The van der Waals surface area contributed by atoms with Crippen molar-refractivity contribution in [3.8, 4) is 0 Å². The van der Waals surface area contributed by atoms with Crippen molar-refractivity contribution in [2.45, 2.75) is 48.7 Å². The highest BCUT2D eigenvalue weighted by atomic mass is 32.2. The summed E-state index contributed by atoms with van der Waals surface area (Å²) in [5.41, 5.74) is 0.411. The van der Waals surface area contributed by atoms with Crippen molar-refractivity contribution in [3.63, 3.8) is 0 Å². The first-order valence-electron chi connectivity index (χ1n) is 9.50. The van der Waals surface area contributed by atoms with Gasteiger partial charge in [-0.3, -0.25) is 10.1 Å². The van der Waals surface area contributed by atoms with E-state index in [1.165, 1.54) is 16.4 Å². The van der Waals surface area contributed by atoms with E-state index in [0.717, 1.165) is 51.6 Å². The molecule has 2 aliphatic heterocycles. The van der Waals surface area contributed by atoms with Gasteiger partial charge in [-0.25, -0.2) is 8.42 Å². The molecule has 9 heteroatoms. The first-order valence-corrected chi connectivity index (χ1v) is 12.2. The first-order chi connectivity index (χ1) is 12.9. The fourth-order valence-electron chi connectivity index (χ4n) is 3.85. The van der Waals surface area contributed by atoms with Crippen LogP contribution >= 0.6 is 11.8 Å². The molecule has 2 aliphatic rings. The molecular formula is C18H27N3O4S2. The summed E-state index contributed by atoms with van der Waals surface area (Å²) in [6, 6.07) is 4.40. The third-order valence-corrected chi connectivity index (χ3v) is 8.34. The fraction of sp³-hybridized carbons (Fsp3) is 0.667. The van der Waals surface area contributed by atoms with E-state index in [4.69, 9.17) is 0 Å². The molecule has 2 fully saturated rings. The Bertz CT molecular complexity index is 779. The quantitative estimate of drug-likeness (QED) is 0.543. The maximum Gasteiger partial charge on any atom is 0.293 e. The largest absolute Gasteiger partial charge is 0.365 e. The van der Waals surface area contributed by atoms with Gasteiger partial charge in [0.05, 0.1) is 9.82 Å². The van der Waals surface area contributed by atoms with Gasteiger partial charge in [0, 0.05) is 37.5 Å². The highest BCUT2D eigenvalue weighted by Crippen LogP contribution is 2.34. The van der Waals surface area contributed by atoms with Crippen molar-refractivity contribution in [1.82, 2.24) is 4.31 Å². The van der Waals surface area contributed by atoms with Gasteiger partial charge in [-0.2, -0.15) is 16.1 Å². The summed E-state index contributed by atoms with van der Waals surface area (Å²) in [4.78, 5) is 13.3. The second-order valence-electron chi connectivity index (χ2n) is 7.17. The van der Waals surface area contributed by atoms with E-state index in [1.54, 1.807) is 17.8 Å². The molecule has 0 aromatic heterocycles. The van der Waals surface area contributed by atoms with Crippen molar-refractivity contribution in [3.05, 3.63) is 28.3 Å². The van der Waals surface area contributed by atoms with Crippen LogP contribution in [0.15, 0.2) is 23.1 Å². The van der Waals surface area contributed by atoms with Crippen LogP contribution in [0.5, 0.6) is 0 Å². The molecule has 3 rings (SSSR count). The van der Waals surface area contributed by atoms with Gasteiger partial charge in [0.2, 0.25) is 10.0 Å². The SMILES string of the molecule is CSC1CCCCN(c2ccc(S(=O)(=O)N3CCCCC3)cc2[N+](=O)[O-])C1. The molecule has 0 amide bonds. The van der Waals surface area contributed by atoms with Crippen LogP contribution in [0, 0.1) is 10.1 Å². The second-order valence-corrected chi connectivity index (χ2v) is 10.2. The third kappa shape index (κ3) is 4.57. The number of hydrogen-bond acceptors (Lipinski definition) is 6. The number of nitro groups is 1. The number of nitro benzene ring substituents is 1. The van der Waals surface area contributed by atoms with E-state index in [1.807, 2.05) is 4.90 Å². The van der Waals surface area contributed by atoms with Crippen molar-refractivity contribution >= 4 is 33.2 Å². The Balaban J connectivity index is 1.94. The Hall–Kier alpha value is -1.32. The molecule has 2 saturated heterocycles. The van der Waals surface area contributed by atoms with Gasteiger partial charge in [0.1, 0.15) is 5.69 Å². The smallest absolute Gasteiger partial charge is 0.293 e. The lowest BCUT2D eigenvalue weighted by Gasteiger charge is -2.27. The normalized spacial score (nSPS) is 22.4. The summed E-state index contributed by atoms with van der Waals surface area (Å²) < 4.78 is 27.2. The monoisotopic (exact) mass is 413 g/mol. The molecule has 150 valence electrons. The van der Waals surface area contributed by atoms with Crippen LogP contribution in [0.1, 0.15) is 38.5 Å². The van der Waals surface area contributed by atoms with Gasteiger partial charge in [-0.15, -0.1) is 0 Å². The average Bonchev–Trinajstić information content (AvgIpc) is 2.93. The molecule has 0 radical (unpaired) electrons. The Labute approximate surface area is 165 Å². The molecular weight excluding hydrogens is 386 g/mol. The van der Waals surface area contributed by atoms with Crippen LogP contribution in [0.4, 0.5) is 11.4 Å². The average molecular weight is 414 g/mol. The number of anilines is 1. The van der Waals surface area contributed by atoms with E-state index in [2.05, 4.69) is 6.26 Å². The maximum absolute atomic E-state index is 12.9. The Morgan fingerprint density at radius 2 is 1.81 bits per heavy atom. The summed E-state index contributed by atoms with van der Waals surface area (Å²) in [6.07, 6.45) is 7.96. The van der Waals surface area contributed by atoms with Crippen LogP contribution in [-0.2, 0) is 10.0 Å². The zero-order valence-electron chi connectivity index (χ0n) is 15.7. The number of sulfonamides is 1. The second kappa shape index (κ2) is 8.79. The van der Waals surface area contributed by atoms with Gasteiger partial charge < -0.3 is 4.90 Å². The Morgan fingerprint density at radius 3 is 2.48 bits per heavy atom. The number of nitrogens with zero attached hydrogens (tertiary/aromatic N) is 3. The first kappa shape index (κ1) is 20.4. The van der Waals surface area contributed by atoms with Gasteiger partial charge in [0.15, 0.2) is 0 Å². The van der Waals surface area contributed by atoms with Crippen molar-refractivity contribution in [2.24, 2.45) is 0 Å². The summed E-state index contributed by atoms with van der Waals surface area (Å²) in [5.74, 6) is 0. The number of thioether (sulfide) groups is 1. The predicted octanol–water partition coefficient (Wildman–Crippen LogP) is 3.49. The molecule has 0 N–H and O–H groups in total. The van der Waals surface area contributed by atoms with Crippen molar-refractivity contribution in [1.29, 1.82) is 0 Å². The zero-order valence-corrected chi connectivity index (χ0v) is 17.3. The molecule has 1 atom stereocenters. The van der Waals surface area contributed by atoms with E-state index in [9.17, 15) is 18.5 Å². The van der Waals surface area contributed by atoms with E-state index < -0.39 is 14.9 Å². The minimum Gasteiger partial charge on any atom is -0.365 e. The molecule has 1 aromatic rings. The van der Waals surface area contributed by atoms with Crippen LogP contribution in [0.25, 0.3) is 0 Å². The summed E-state index contributed by atoms with van der Waals surface area (Å²) >= 11 is 1.78.